The normalized spacial score (nSPS) is 11.7. The van der Waals surface area contributed by atoms with Crippen molar-refractivity contribution < 1.29 is 14.0 Å². The van der Waals surface area contributed by atoms with E-state index in [1.807, 2.05) is 37.3 Å². The molecular formula is C23H29FN2O2. The zero-order valence-electron chi connectivity index (χ0n) is 16.7. The van der Waals surface area contributed by atoms with E-state index in [0.717, 1.165) is 24.0 Å². The number of benzene rings is 2. The van der Waals surface area contributed by atoms with Gasteiger partial charge in [0.1, 0.15) is 11.9 Å². The van der Waals surface area contributed by atoms with Crippen LogP contribution in [0.2, 0.25) is 0 Å². The van der Waals surface area contributed by atoms with E-state index in [1.165, 1.54) is 12.1 Å². The number of rotatable bonds is 10. The van der Waals surface area contributed by atoms with E-state index < -0.39 is 6.04 Å². The van der Waals surface area contributed by atoms with Gasteiger partial charge in [0.15, 0.2) is 0 Å². The summed E-state index contributed by atoms with van der Waals surface area (Å²) in [6.45, 7) is 4.83. The van der Waals surface area contributed by atoms with Crippen LogP contribution in [0.25, 0.3) is 0 Å². The smallest absolute Gasteiger partial charge is 0.242 e. The average Bonchev–Trinajstić information content (AvgIpc) is 2.70. The van der Waals surface area contributed by atoms with Crippen LogP contribution in [-0.2, 0) is 22.6 Å². The van der Waals surface area contributed by atoms with Crippen LogP contribution in [0.3, 0.4) is 0 Å². The first-order valence-electron chi connectivity index (χ1n) is 9.90. The zero-order chi connectivity index (χ0) is 20.4. The Kier molecular flexibility index (Phi) is 8.66. The highest BCUT2D eigenvalue weighted by molar-refractivity contribution is 5.88. The molecule has 2 aromatic carbocycles. The maximum Gasteiger partial charge on any atom is 0.242 e. The standard InChI is InChI=1S/C23H29FN2O2/c1-3-5-15-25-23(28)21(4-2)26(17-19-11-13-20(24)14-12-19)22(27)16-18-9-7-6-8-10-18/h6-14,21H,3-5,15-17H2,1-2H3,(H,25,28)/t21-/m1/s1. The summed E-state index contributed by atoms with van der Waals surface area (Å²) in [6, 6.07) is 15.0. The van der Waals surface area contributed by atoms with E-state index in [2.05, 4.69) is 12.2 Å². The second-order valence-electron chi connectivity index (χ2n) is 6.88. The lowest BCUT2D eigenvalue weighted by Gasteiger charge is -2.31. The van der Waals surface area contributed by atoms with Gasteiger partial charge in [-0.3, -0.25) is 9.59 Å². The highest BCUT2D eigenvalue weighted by Crippen LogP contribution is 2.15. The summed E-state index contributed by atoms with van der Waals surface area (Å²) in [5.41, 5.74) is 1.69. The Hall–Kier alpha value is -2.69. The molecule has 0 heterocycles. The van der Waals surface area contributed by atoms with E-state index in [-0.39, 0.29) is 30.6 Å². The van der Waals surface area contributed by atoms with Crippen LogP contribution in [0.15, 0.2) is 54.6 Å². The fourth-order valence-electron chi connectivity index (χ4n) is 3.08. The lowest BCUT2D eigenvalue weighted by Crippen LogP contribution is -2.49. The molecule has 5 heteroatoms. The Labute approximate surface area is 166 Å². The predicted octanol–water partition coefficient (Wildman–Crippen LogP) is 4.09. The van der Waals surface area contributed by atoms with Gasteiger partial charge < -0.3 is 10.2 Å². The van der Waals surface area contributed by atoms with Gasteiger partial charge in [0, 0.05) is 13.1 Å². The third kappa shape index (κ3) is 6.48. The number of nitrogens with zero attached hydrogens (tertiary/aromatic N) is 1. The lowest BCUT2D eigenvalue weighted by molar-refractivity contribution is -0.140. The molecule has 0 aliphatic carbocycles. The molecule has 4 nitrogen and oxygen atoms in total. The summed E-state index contributed by atoms with van der Waals surface area (Å²) in [5.74, 6) is -0.581. The van der Waals surface area contributed by atoms with Crippen LogP contribution < -0.4 is 5.32 Å². The molecular weight excluding hydrogens is 355 g/mol. The summed E-state index contributed by atoms with van der Waals surface area (Å²) in [7, 11) is 0. The molecule has 150 valence electrons. The molecule has 2 aromatic rings. The molecule has 28 heavy (non-hydrogen) atoms. The van der Waals surface area contributed by atoms with Gasteiger partial charge in [-0.2, -0.15) is 0 Å². The van der Waals surface area contributed by atoms with Crippen LogP contribution in [0.5, 0.6) is 0 Å². The molecule has 0 aliphatic heterocycles. The molecule has 0 saturated carbocycles. The minimum absolute atomic E-state index is 0.118. The Morgan fingerprint density at radius 2 is 1.68 bits per heavy atom. The Morgan fingerprint density at radius 3 is 2.29 bits per heavy atom. The molecule has 0 unspecified atom stereocenters. The number of hydrogen-bond acceptors (Lipinski definition) is 2. The summed E-state index contributed by atoms with van der Waals surface area (Å²) < 4.78 is 13.3. The monoisotopic (exact) mass is 384 g/mol. The molecule has 1 atom stereocenters. The van der Waals surface area contributed by atoms with E-state index in [9.17, 15) is 14.0 Å². The van der Waals surface area contributed by atoms with Gasteiger partial charge in [-0.15, -0.1) is 0 Å². The molecule has 0 aliphatic rings. The maximum absolute atomic E-state index is 13.3. The molecule has 0 fully saturated rings. The van der Waals surface area contributed by atoms with Crippen LogP contribution in [-0.4, -0.2) is 29.3 Å². The van der Waals surface area contributed by atoms with Crippen molar-refractivity contribution in [2.45, 2.75) is 52.1 Å². The van der Waals surface area contributed by atoms with Crippen molar-refractivity contribution >= 4 is 11.8 Å². The van der Waals surface area contributed by atoms with Crippen molar-refractivity contribution in [1.82, 2.24) is 10.2 Å². The van der Waals surface area contributed by atoms with E-state index in [0.29, 0.717) is 13.0 Å². The number of amides is 2. The van der Waals surface area contributed by atoms with Crippen LogP contribution in [0, 0.1) is 5.82 Å². The van der Waals surface area contributed by atoms with E-state index >= 15 is 0 Å². The molecule has 2 rings (SSSR count). The third-order valence-corrected chi connectivity index (χ3v) is 4.68. The minimum Gasteiger partial charge on any atom is -0.354 e. The largest absolute Gasteiger partial charge is 0.354 e. The lowest BCUT2D eigenvalue weighted by atomic mass is 10.1. The number of carbonyl (C=O) groups excluding carboxylic acids is 2. The molecule has 0 radical (unpaired) electrons. The van der Waals surface area contributed by atoms with Gasteiger partial charge in [0.2, 0.25) is 11.8 Å². The fourth-order valence-corrected chi connectivity index (χ4v) is 3.08. The summed E-state index contributed by atoms with van der Waals surface area (Å²) in [5, 5.41) is 2.94. The van der Waals surface area contributed by atoms with Crippen LogP contribution in [0.4, 0.5) is 4.39 Å². The van der Waals surface area contributed by atoms with Gasteiger partial charge in [-0.1, -0.05) is 62.7 Å². The first kappa shape index (κ1) is 21.6. The third-order valence-electron chi connectivity index (χ3n) is 4.68. The summed E-state index contributed by atoms with van der Waals surface area (Å²) in [4.78, 5) is 27.4. The maximum atomic E-state index is 13.3. The number of nitrogens with one attached hydrogen (secondary N) is 1. The van der Waals surface area contributed by atoms with Crippen molar-refractivity contribution in [3.63, 3.8) is 0 Å². The van der Waals surface area contributed by atoms with Crippen LogP contribution >= 0.6 is 0 Å². The molecule has 0 bridgehead atoms. The highest BCUT2D eigenvalue weighted by atomic mass is 19.1. The first-order valence-corrected chi connectivity index (χ1v) is 9.90. The van der Waals surface area contributed by atoms with Gasteiger partial charge in [0.05, 0.1) is 6.42 Å². The number of hydrogen-bond donors (Lipinski definition) is 1. The minimum atomic E-state index is -0.557. The second-order valence-corrected chi connectivity index (χ2v) is 6.88. The molecule has 0 aromatic heterocycles. The second kappa shape index (κ2) is 11.2. The van der Waals surface area contributed by atoms with Crippen molar-refractivity contribution in [2.75, 3.05) is 6.54 Å². The first-order chi connectivity index (χ1) is 13.5. The quantitative estimate of drug-likeness (QED) is 0.627. The van der Waals surface area contributed by atoms with Crippen molar-refractivity contribution in [3.05, 3.63) is 71.5 Å². The summed E-state index contributed by atoms with van der Waals surface area (Å²) in [6.07, 6.45) is 2.63. The van der Waals surface area contributed by atoms with E-state index in [1.54, 1.807) is 17.0 Å². The predicted molar refractivity (Wildman–Crippen MR) is 109 cm³/mol. The Balaban J connectivity index is 2.21. The fraction of sp³-hybridized carbons (Fsp3) is 0.391. The Morgan fingerprint density at radius 1 is 1.00 bits per heavy atom. The van der Waals surface area contributed by atoms with Gasteiger partial charge >= 0.3 is 0 Å². The van der Waals surface area contributed by atoms with Gasteiger partial charge in [-0.05, 0) is 36.1 Å². The Bertz CT molecular complexity index is 747. The highest BCUT2D eigenvalue weighted by Gasteiger charge is 2.28. The molecule has 1 N–H and O–H groups in total. The van der Waals surface area contributed by atoms with Gasteiger partial charge in [-0.25, -0.2) is 4.39 Å². The average molecular weight is 384 g/mol. The van der Waals surface area contributed by atoms with Crippen molar-refractivity contribution in [1.29, 1.82) is 0 Å². The van der Waals surface area contributed by atoms with Crippen LogP contribution in [0.1, 0.15) is 44.2 Å². The molecule has 0 spiro atoms. The number of unbranched alkanes of at least 4 members (excludes halogenated alkanes) is 1. The molecule has 2 amide bonds. The van der Waals surface area contributed by atoms with Crippen molar-refractivity contribution in [2.24, 2.45) is 0 Å². The molecule has 0 saturated heterocycles. The van der Waals surface area contributed by atoms with E-state index in [4.69, 9.17) is 0 Å². The van der Waals surface area contributed by atoms with Gasteiger partial charge in [0.25, 0.3) is 0 Å². The summed E-state index contributed by atoms with van der Waals surface area (Å²) >= 11 is 0. The topological polar surface area (TPSA) is 49.4 Å². The van der Waals surface area contributed by atoms with Crippen molar-refractivity contribution in [3.8, 4) is 0 Å². The SMILES string of the molecule is CCCCNC(=O)[C@@H](CC)N(Cc1ccc(F)cc1)C(=O)Cc1ccccc1. The number of halogens is 1. The number of carbonyl (C=O) groups is 2. The zero-order valence-corrected chi connectivity index (χ0v) is 16.7.